The largest absolute Gasteiger partial charge is 0.335 e. The van der Waals surface area contributed by atoms with Gasteiger partial charge < -0.3 is 10.6 Å². The first-order valence-corrected chi connectivity index (χ1v) is 6.78. The Bertz CT molecular complexity index is 333. The molecular formula is C12H18N2OS. The molecule has 0 radical (unpaired) electrons. The van der Waals surface area contributed by atoms with E-state index in [-0.39, 0.29) is 12.1 Å². The number of thiophene rings is 1. The van der Waals surface area contributed by atoms with Crippen molar-refractivity contribution in [1.29, 1.82) is 0 Å². The van der Waals surface area contributed by atoms with E-state index in [4.69, 9.17) is 0 Å². The predicted octanol–water partition coefficient (Wildman–Crippen LogP) is 3.05. The van der Waals surface area contributed by atoms with Crippen molar-refractivity contribution < 1.29 is 4.79 Å². The van der Waals surface area contributed by atoms with Gasteiger partial charge in [0.05, 0.1) is 6.04 Å². The number of amides is 2. The minimum absolute atomic E-state index is 0.0232. The summed E-state index contributed by atoms with van der Waals surface area (Å²) in [4.78, 5) is 12.9. The molecule has 0 bridgehead atoms. The number of nitrogens with one attached hydrogen (secondary N) is 2. The van der Waals surface area contributed by atoms with E-state index >= 15 is 0 Å². The van der Waals surface area contributed by atoms with Crippen LogP contribution < -0.4 is 10.6 Å². The maximum Gasteiger partial charge on any atom is 0.315 e. The molecule has 2 amide bonds. The Morgan fingerprint density at radius 2 is 2.44 bits per heavy atom. The van der Waals surface area contributed by atoms with Crippen LogP contribution in [-0.4, -0.2) is 12.1 Å². The normalized spacial score (nSPS) is 17.6. The topological polar surface area (TPSA) is 41.1 Å². The van der Waals surface area contributed by atoms with E-state index in [0.29, 0.717) is 6.04 Å². The van der Waals surface area contributed by atoms with Crippen LogP contribution in [0.15, 0.2) is 17.5 Å². The molecule has 1 unspecified atom stereocenters. The van der Waals surface area contributed by atoms with E-state index in [1.54, 1.807) is 11.3 Å². The van der Waals surface area contributed by atoms with E-state index in [2.05, 4.69) is 23.6 Å². The molecule has 0 aromatic carbocycles. The minimum atomic E-state index is -0.0232. The van der Waals surface area contributed by atoms with Gasteiger partial charge in [-0.05, 0) is 37.1 Å². The summed E-state index contributed by atoms with van der Waals surface area (Å²) >= 11 is 1.69. The Labute approximate surface area is 100 Å². The van der Waals surface area contributed by atoms with E-state index in [0.717, 1.165) is 19.3 Å². The summed E-state index contributed by atoms with van der Waals surface area (Å²) in [5.74, 6) is 0. The van der Waals surface area contributed by atoms with E-state index < -0.39 is 0 Å². The van der Waals surface area contributed by atoms with Crippen LogP contribution >= 0.6 is 11.3 Å². The molecule has 1 aliphatic carbocycles. The Morgan fingerprint density at radius 3 is 2.94 bits per heavy atom. The third-order valence-electron chi connectivity index (χ3n) is 3.04. The van der Waals surface area contributed by atoms with Crippen LogP contribution in [0.25, 0.3) is 0 Å². The third-order valence-corrected chi connectivity index (χ3v) is 4.03. The first kappa shape index (κ1) is 11.5. The van der Waals surface area contributed by atoms with Crippen LogP contribution in [0.3, 0.4) is 0 Å². The van der Waals surface area contributed by atoms with Gasteiger partial charge in [-0.1, -0.05) is 13.0 Å². The maximum absolute atomic E-state index is 11.7. The van der Waals surface area contributed by atoms with Gasteiger partial charge in [0.15, 0.2) is 0 Å². The fourth-order valence-electron chi connectivity index (χ4n) is 1.80. The van der Waals surface area contributed by atoms with Crippen LogP contribution in [0, 0.1) is 0 Å². The van der Waals surface area contributed by atoms with Gasteiger partial charge in [0.25, 0.3) is 0 Å². The second-order valence-electron chi connectivity index (χ2n) is 4.22. The van der Waals surface area contributed by atoms with Gasteiger partial charge in [0.1, 0.15) is 0 Å². The Kier molecular flexibility index (Phi) is 3.83. The lowest BCUT2D eigenvalue weighted by molar-refractivity contribution is 0.224. The Hall–Kier alpha value is -1.03. The van der Waals surface area contributed by atoms with Crippen molar-refractivity contribution >= 4 is 17.4 Å². The molecule has 0 saturated heterocycles. The number of carbonyl (C=O) groups excluding carboxylic acids is 1. The molecule has 1 atom stereocenters. The zero-order chi connectivity index (χ0) is 11.4. The lowest BCUT2D eigenvalue weighted by Gasteiger charge is -2.27. The quantitative estimate of drug-likeness (QED) is 0.831. The zero-order valence-electron chi connectivity index (χ0n) is 9.53. The van der Waals surface area contributed by atoms with Crippen LogP contribution in [0.5, 0.6) is 0 Å². The third kappa shape index (κ3) is 2.76. The monoisotopic (exact) mass is 238 g/mol. The van der Waals surface area contributed by atoms with Crippen molar-refractivity contribution in [1.82, 2.24) is 10.6 Å². The average molecular weight is 238 g/mol. The van der Waals surface area contributed by atoms with Crippen molar-refractivity contribution in [2.24, 2.45) is 0 Å². The summed E-state index contributed by atoms with van der Waals surface area (Å²) in [5.41, 5.74) is 0. The second-order valence-corrected chi connectivity index (χ2v) is 5.20. The Morgan fingerprint density at radius 1 is 1.62 bits per heavy atom. The molecule has 0 spiro atoms. The van der Waals surface area contributed by atoms with Crippen LogP contribution in [-0.2, 0) is 0 Å². The number of carbonyl (C=O) groups is 1. The number of hydrogen-bond acceptors (Lipinski definition) is 2. The highest BCUT2D eigenvalue weighted by atomic mass is 32.1. The SMILES string of the molecule is CCC(NC(=O)NC1CCC1)c1cccs1. The molecule has 1 aromatic rings. The average Bonchev–Trinajstić information content (AvgIpc) is 2.73. The summed E-state index contributed by atoms with van der Waals surface area (Å²) < 4.78 is 0. The van der Waals surface area contributed by atoms with Crippen molar-refractivity contribution in [3.63, 3.8) is 0 Å². The number of hydrogen-bond donors (Lipinski definition) is 2. The maximum atomic E-state index is 11.7. The fraction of sp³-hybridized carbons (Fsp3) is 0.583. The van der Waals surface area contributed by atoms with Gasteiger partial charge in [0, 0.05) is 10.9 Å². The highest BCUT2D eigenvalue weighted by molar-refractivity contribution is 7.10. The molecule has 16 heavy (non-hydrogen) atoms. The zero-order valence-corrected chi connectivity index (χ0v) is 10.3. The highest BCUT2D eigenvalue weighted by Crippen LogP contribution is 2.22. The molecular weight excluding hydrogens is 220 g/mol. The van der Waals surface area contributed by atoms with Crippen molar-refractivity contribution in [3.8, 4) is 0 Å². The molecule has 4 heteroatoms. The minimum Gasteiger partial charge on any atom is -0.335 e. The summed E-state index contributed by atoms with van der Waals surface area (Å²) in [6, 6.07) is 4.63. The highest BCUT2D eigenvalue weighted by Gasteiger charge is 2.21. The fourth-order valence-corrected chi connectivity index (χ4v) is 2.66. The molecule has 88 valence electrons. The van der Waals surface area contributed by atoms with Gasteiger partial charge >= 0.3 is 6.03 Å². The lowest BCUT2D eigenvalue weighted by atomic mass is 9.93. The summed E-state index contributed by atoms with van der Waals surface area (Å²) in [7, 11) is 0. The van der Waals surface area contributed by atoms with Crippen LogP contribution in [0.4, 0.5) is 4.79 Å². The van der Waals surface area contributed by atoms with Crippen molar-refractivity contribution in [2.45, 2.75) is 44.7 Å². The van der Waals surface area contributed by atoms with Gasteiger partial charge in [-0.25, -0.2) is 4.79 Å². The first-order valence-electron chi connectivity index (χ1n) is 5.90. The molecule has 1 saturated carbocycles. The molecule has 1 fully saturated rings. The molecule has 2 N–H and O–H groups in total. The number of urea groups is 1. The molecule has 1 heterocycles. The predicted molar refractivity (Wildman–Crippen MR) is 66.7 cm³/mol. The molecule has 2 rings (SSSR count). The summed E-state index contributed by atoms with van der Waals surface area (Å²) in [6.07, 6.45) is 4.43. The van der Waals surface area contributed by atoms with E-state index in [9.17, 15) is 4.79 Å². The van der Waals surface area contributed by atoms with E-state index in [1.807, 2.05) is 11.4 Å². The molecule has 0 aliphatic heterocycles. The standard InChI is InChI=1S/C12H18N2OS/c1-2-10(11-7-4-8-16-11)14-12(15)13-9-5-3-6-9/h4,7-10H,2-3,5-6H2,1H3,(H2,13,14,15). The summed E-state index contributed by atoms with van der Waals surface area (Å²) in [5, 5.41) is 8.07. The van der Waals surface area contributed by atoms with Gasteiger partial charge in [-0.3, -0.25) is 0 Å². The summed E-state index contributed by atoms with van der Waals surface area (Å²) in [6.45, 7) is 2.09. The molecule has 1 aromatic heterocycles. The van der Waals surface area contributed by atoms with Gasteiger partial charge in [-0.2, -0.15) is 0 Å². The first-order chi connectivity index (χ1) is 7.79. The second kappa shape index (κ2) is 5.34. The van der Waals surface area contributed by atoms with Crippen LogP contribution in [0.2, 0.25) is 0 Å². The van der Waals surface area contributed by atoms with Crippen molar-refractivity contribution in [3.05, 3.63) is 22.4 Å². The van der Waals surface area contributed by atoms with Gasteiger partial charge in [-0.15, -0.1) is 11.3 Å². The number of rotatable bonds is 4. The smallest absolute Gasteiger partial charge is 0.315 e. The van der Waals surface area contributed by atoms with Crippen LogP contribution in [0.1, 0.15) is 43.5 Å². The van der Waals surface area contributed by atoms with Crippen molar-refractivity contribution in [2.75, 3.05) is 0 Å². The molecule has 1 aliphatic rings. The lowest BCUT2D eigenvalue weighted by Crippen LogP contribution is -2.46. The Balaban J connectivity index is 1.83. The van der Waals surface area contributed by atoms with Gasteiger partial charge in [0.2, 0.25) is 0 Å². The van der Waals surface area contributed by atoms with E-state index in [1.165, 1.54) is 11.3 Å². The molecule has 3 nitrogen and oxygen atoms in total.